The molecule has 1 fully saturated rings. The highest BCUT2D eigenvalue weighted by atomic mass is 16.5. The maximum absolute atomic E-state index is 11.5. The van der Waals surface area contributed by atoms with Crippen LogP contribution in [-0.4, -0.2) is 42.6 Å². The molecule has 108 valence electrons. The molecule has 1 unspecified atom stereocenters. The molecule has 2 rings (SSSR count). The molecule has 1 saturated heterocycles. The van der Waals surface area contributed by atoms with E-state index in [0.717, 1.165) is 25.3 Å². The van der Waals surface area contributed by atoms with Crippen LogP contribution in [0.5, 0.6) is 0 Å². The lowest BCUT2D eigenvalue weighted by molar-refractivity contribution is -0.119. The lowest BCUT2D eigenvalue weighted by atomic mass is 10.2. The molecule has 6 heteroatoms. The molecule has 0 spiro atoms. The minimum absolute atomic E-state index is 0.0116. The van der Waals surface area contributed by atoms with Gasteiger partial charge in [0.1, 0.15) is 5.82 Å². The summed E-state index contributed by atoms with van der Waals surface area (Å²) in [5, 5.41) is 2.91. The topological polar surface area (TPSA) is 71.5 Å². The SMILES string of the molecule is CCOC(=O)c1ccc(N2CCC(NC(C)=O)C2)nc1. The molecule has 6 nitrogen and oxygen atoms in total. The third kappa shape index (κ3) is 3.46. The number of hydrogen-bond acceptors (Lipinski definition) is 5. The van der Waals surface area contributed by atoms with Crippen LogP contribution in [0.1, 0.15) is 30.6 Å². The van der Waals surface area contributed by atoms with Crippen molar-refractivity contribution in [3.05, 3.63) is 23.9 Å². The summed E-state index contributed by atoms with van der Waals surface area (Å²) in [6.07, 6.45) is 2.43. The summed E-state index contributed by atoms with van der Waals surface area (Å²) in [4.78, 5) is 28.9. The fourth-order valence-electron chi connectivity index (χ4n) is 2.28. The van der Waals surface area contributed by atoms with Gasteiger partial charge in [-0.2, -0.15) is 0 Å². The molecule has 0 aromatic carbocycles. The fourth-order valence-corrected chi connectivity index (χ4v) is 2.28. The molecule has 1 amide bonds. The van der Waals surface area contributed by atoms with E-state index in [1.54, 1.807) is 13.0 Å². The molecule has 2 heterocycles. The number of carbonyl (C=O) groups is 2. The summed E-state index contributed by atoms with van der Waals surface area (Å²) in [5.74, 6) is 0.442. The maximum Gasteiger partial charge on any atom is 0.339 e. The Morgan fingerprint density at radius 2 is 2.30 bits per heavy atom. The van der Waals surface area contributed by atoms with Gasteiger partial charge in [-0.3, -0.25) is 4.79 Å². The molecule has 1 aromatic rings. The van der Waals surface area contributed by atoms with Gasteiger partial charge in [-0.05, 0) is 25.5 Å². The summed E-state index contributed by atoms with van der Waals surface area (Å²) in [6, 6.07) is 3.69. The molecular formula is C14H19N3O3. The van der Waals surface area contributed by atoms with Crippen LogP contribution in [0, 0.1) is 0 Å². The summed E-state index contributed by atoms with van der Waals surface area (Å²) in [7, 11) is 0. The highest BCUT2D eigenvalue weighted by Gasteiger charge is 2.24. The first-order valence-electron chi connectivity index (χ1n) is 6.75. The summed E-state index contributed by atoms with van der Waals surface area (Å²) >= 11 is 0. The summed E-state index contributed by atoms with van der Waals surface area (Å²) < 4.78 is 4.91. The van der Waals surface area contributed by atoms with Crippen molar-refractivity contribution >= 4 is 17.7 Å². The first-order chi connectivity index (χ1) is 9.60. The van der Waals surface area contributed by atoms with Gasteiger partial charge in [0.15, 0.2) is 0 Å². The van der Waals surface area contributed by atoms with E-state index in [1.807, 2.05) is 6.07 Å². The highest BCUT2D eigenvalue weighted by Crippen LogP contribution is 2.18. The first-order valence-corrected chi connectivity index (χ1v) is 6.75. The van der Waals surface area contributed by atoms with Crippen LogP contribution in [0.25, 0.3) is 0 Å². The first kappa shape index (κ1) is 14.3. The van der Waals surface area contributed by atoms with Crippen LogP contribution in [0.3, 0.4) is 0 Å². The second kappa shape index (κ2) is 6.36. The van der Waals surface area contributed by atoms with Gasteiger partial charge >= 0.3 is 5.97 Å². The zero-order valence-electron chi connectivity index (χ0n) is 11.8. The van der Waals surface area contributed by atoms with Crippen LogP contribution in [0.2, 0.25) is 0 Å². The lowest BCUT2D eigenvalue weighted by Crippen LogP contribution is -2.35. The average Bonchev–Trinajstić information content (AvgIpc) is 2.87. The number of amides is 1. The molecule has 20 heavy (non-hydrogen) atoms. The second-order valence-electron chi connectivity index (χ2n) is 4.76. The van der Waals surface area contributed by atoms with Crippen LogP contribution < -0.4 is 10.2 Å². The van der Waals surface area contributed by atoms with Crippen molar-refractivity contribution in [2.75, 3.05) is 24.6 Å². The van der Waals surface area contributed by atoms with E-state index >= 15 is 0 Å². The number of nitrogens with zero attached hydrogens (tertiary/aromatic N) is 2. The number of hydrogen-bond donors (Lipinski definition) is 1. The van der Waals surface area contributed by atoms with Gasteiger partial charge in [-0.15, -0.1) is 0 Å². The Morgan fingerprint density at radius 3 is 2.90 bits per heavy atom. The lowest BCUT2D eigenvalue weighted by Gasteiger charge is -2.17. The quantitative estimate of drug-likeness (QED) is 0.830. The number of aromatic nitrogens is 1. The van der Waals surface area contributed by atoms with Gasteiger partial charge in [-0.1, -0.05) is 0 Å². The molecule has 0 aliphatic carbocycles. The van der Waals surface area contributed by atoms with Gasteiger partial charge in [0.2, 0.25) is 5.91 Å². The van der Waals surface area contributed by atoms with Gasteiger partial charge in [0, 0.05) is 32.3 Å². The molecule has 1 N–H and O–H groups in total. The minimum Gasteiger partial charge on any atom is -0.462 e. The van der Waals surface area contributed by atoms with E-state index in [2.05, 4.69) is 15.2 Å². The summed E-state index contributed by atoms with van der Waals surface area (Å²) in [6.45, 7) is 5.23. The molecule has 1 aliphatic rings. The molecular weight excluding hydrogens is 258 g/mol. The largest absolute Gasteiger partial charge is 0.462 e. The number of pyridine rings is 1. The van der Waals surface area contributed by atoms with E-state index in [0.29, 0.717) is 12.2 Å². The molecule has 0 bridgehead atoms. The van der Waals surface area contributed by atoms with E-state index < -0.39 is 0 Å². The Kier molecular flexibility index (Phi) is 4.55. The molecule has 1 aromatic heterocycles. The average molecular weight is 277 g/mol. The van der Waals surface area contributed by atoms with Crippen molar-refractivity contribution in [1.29, 1.82) is 0 Å². The Labute approximate surface area is 118 Å². The molecule has 1 atom stereocenters. The maximum atomic E-state index is 11.5. The van der Waals surface area contributed by atoms with E-state index in [1.165, 1.54) is 13.1 Å². The Morgan fingerprint density at radius 1 is 1.50 bits per heavy atom. The highest BCUT2D eigenvalue weighted by molar-refractivity contribution is 5.89. The van der Waals surface area contributed by atoms with Crippen LogP contribution in [0.15, 0.2) is 18.3 Å². The van der Waals surface area contributed by atoms with Crippen LogP contribution >= 0.6 is 0 Å². The van der Waals surface area contributed by atoms with Crippen LogP contribution in [0.4, 0.5) is 5.82 Å². The van der Waals surface area contributed by atoms with Crippen molar-refractivity contribution in [2.24, 2.45) is 0 Å². The van der Waals surface area contributed by atoms with Crippen molar-refractivity contribution in [3.63, 3.8) is 0 Å². The Hall–Kier alpha value is -2.11. The van der Waals surface area contributed by atoms with Crippen LogP contribution in [-0.2, 0) is 9.53 Å². The summed E-state index contributed by atoms with van der Waals surface area (Å²) in [5.41, 5.74) is 0.452. The number of carbonyl (C=O) groups excluding carboxylic acids is 2. The van der Waals surface area contributed by atoms with Crippen molar-refractivity contribution in [3.8, 4) is 0 Å². The molecule has 0 radical (unpaired) electrons. The van der Waals surface area contributed by atoms with Crippen molar-refractivity contribution in [2.45, 2.75) is 26.3 Å². The monoisotopic (exact) mass is 277 g/mol. The Bertz CT molecular complexity index is 487. The molecule has 0 saturated carbocycles. The normalized spacial score (nSPS) is 17.9. The zero-order valence-corrected chi connectivity index (χ0v) is 11.8. The molecule has 1 aliphatic heterocycles. The number of nitrogens with one attached hydrogen (secondary N) is 1. The third-order valence-electron chi connectivity index (χ3n) is 3.18. The van der Waals surface area contributed by atoms with Gasteiger partial charge in [-0.25, -0.2) is 9.78 Å². The smallest absolute Gasteiger partial charge is 0.339 e. The zero-order chi connectivity index (χ0) is 14.5. The van der Waals surface area contributed by atoms with Crippen molar-refractivity contribution in [1.82, 2.24) is 10.3 Å². The van der Waals surface area contributed by atoms with Crippen molar-refractivity contribution < 1.29 is 14.3 Å². The van der Waals surface area contributed by atoms with Gasteiger partial charge < -0.3 is 15.0 Å². The number of anilines is 1. The van der Waals surface area contributed by atoms with Gasteiger partial charge in [0.25, 0.3) is 0 Å². The predicted octanol–water partition coefficient (Wildman–Crippen LogP) is 0.973. The standard InChI is InChI=1S/C14H19N3O3/c1-3-20-14(19)11-4-5-13(15-8-11)17-7-6-12(9-17)16-10(2)18/h4-5,8,12H,3,6-7,9H2,1-2H3,(H,16,18). The van der Waals surface area contributed by atoms with E-state index in [-0.39, 0.29) is 17.9 Å². The number of rotatable bonds is 4. The second-order valence-corrected chi connectivity index (χ2v) is 4.76. The third-order valence-corrected chi connectivity index (χ3v) is 3.18. The van der Waals surface area contributed by atoms with Gasteiger partial charge in [0.05, 0.1) is 12.2 Å². The minimum atomic E-state index is -0.357. The fraction of sp³-hybridized carbons (Fsp3) is 0.500. The Balaban J connectivity index is 1.97. The number of ether oxygens (including phenoxy) is 1. The van der Waals surface area contributed by atoms with E-state index in [9.17, 15) is 9.59 Å². The van der Waals surface area contributed by atoms with E-state index in [4.69, 9.17) is 4.74 Å². The number of esters is 1. The predicted molar refractivity (Wildman–Crippen MR) is 74.6 cm³/mol.